The number of benzene rings is 2. The van der Waals surface area contributed by atoms with Crippen molar-refractivity contribution in [2.75, 3.05) is 0 Å². The Kier molecular flexibility index (Phi) is 3.31. The van der Waals surface area contributed by atoms with Crippen molar-refractivity contribution in [1.82, 2.24) is 5.01 Å². The summed E-state index contributed by atoms with van der Waals surface area (Å²) in [4.78, 5) is 11.7. The highest BCUT2D eigenvalue weighted by Gasteiger charge is 2.37. The zero-order chi connectivity index (χ0) is 14.8. The summed E-state index contributed by atoms with van der Waals surface area (Å²) in [6, 6.07) is 14.1. The quantitative estimate of drug-likeness (QED) is 0.516. The zero-order valence-electron chi connectivity index (χ0n) is 11.2. The van der Waals surface area contributed by atoms with Crippen molar-refractivity contribution in [3.63, 3.8) is 0 Å². The molecule has 0 unspecified atom stereocenters. The number of β-lactam (4-membered cyclic amide) rings is 1. The van der Waals surface area contributed by atoms with E-state index in [4.69, 9.17) is 0 Å². The summed E-state index contributed by atoms with van der Waals surface area (Å²) in [6.45, 7) is 0. The molecule has 1 aliphatic heterocycles. The Morgan fingerprint density at radius 3 is 2.52 bits per heavy atom. The monoisotopic (exact) mass is 282 g/mol. The van der Waals surface area contributed by atoms with E-state index >= 15 is 0 Å². The van der Waals surface area contributed by atoms with Crippen LogP contribution in [0.4, 0.5) is 0 Å². The van der Waals surface area contributed by atoms with E-state index in [1.807, 2.05) is 30.3 Å². The molecule has 5 heteroatoms. The Bertz CT molecular complexity index is 698. The molecule has 1 aliphatic rings. The van der Waals surface area contributed by atoms with Gasteiger partial charge >= 0.3 is 0 Å². The predicted octanol–water partition coefficient (Wildman–Crippen LogP) is 2.41. The van der Waals surface area contributed by atoms with E-state index in [1.165, 1.54) is 23.4 Å². The maximum atomic E-state index is 11.7. The Morgan fingerprint density at radius 1 is 1.10 bits per heavy atom. The lowest BCUT2D eigenvalue weighted by atomic mass is 9.96. The van der Waals surface area contributed by atoms with Gasteiger partial charge in [0.1, 0.15) is 0 Å². The topological polar surface area (TPSA) is 73.1 Å². The van der Waals surface area contributed by atoms with Gasteiger partial charge in [0.2, 0.25) is 5.91 Å². The highest BCUT2D eigenvalue weighted by molar-refractivity contribution is 5.86. The summed E-state index contributed by atoms with van der Waals surface area (Å²) < 4.78 is 0. The lowest BCUT2D eigenvalue weighted by Crippen LogP contribution is -2.42. The van der Waals surface area contributed by atoms with Crippen LogP contribution in [0.5, 0.6) is 11.5 Å². The second-order valence-electron chi connectivity index (χ2n) is 4.86. The number of amides is 1. The van der Waals surface area contributed by atoms with E-state index in [0.29, 0.717) is 12.0 Å². The van der Waals surface area contributed by atoms with Crippen molar-refractivity contribution in [3.8, 4) is 11.5 Å². The Balaban J connectivity index is 1.78. The van der Waals surface area contributed by atoms with Crippen molar-refractivity contribution in [3.05, 3.63) is 59.7 Å². The first-order chi connectivity index (χ1) is 10.1. The number of phenolic OH excluding ortho intramolecular Hbond substituents is 2. The fourth-order valence-corrected chi connectivity index (χ4v) is 2.24. The summed E-state index contributed by atoms with van der Waals surface area (Å²) in [6.07, 6.45) is 1.94. The van der Waals surface area contributed by atoms with Crippen LogP contribution in [-0.4, -0.2) is 27.3 Å². The van der Waals surface area contributed by atoms with E-state index < -0.39 is 0 Å². The maximum absolute atomic E-state index is 11.7. The molecule has 5 nitrogen and oxygen atoms in total. The SMILES string of the molecule is O=C1C[C@@H](c2ccccc2)N1/N=C\c1ccc(O)c(O)c1. The summed E-state index contributed by atoms with van der Waals surface area (Å²) in [7, 11) is 0. The second kappa shape index (κ2) is 5.28. The third-order valence-electron chi connectivity index (χ3n) is 3.43. The molecule has 1 heterocycles. The molecule has 0 radical (unpaired) electrons. The Morgan fingerprint density at radius 2 is 1.86 bits per heavy atom. The van der Waals surface area contributed by atoms with Crippen LogP contribution in [0.25, 0.3) is 0 Å². The van der Waals surface area contributed by atoms with E-state index in [1.54, 1.807) is 6.07 Å². The molecule has 2 aromatic carbocycles. The first-order valence-corrected chi connectivity index (χ1v) is 6.58. The standard InChI is InChI=1S/C16H14N2O3/c19-14-7-6-11(8-15(14)20)10-17-18-13(9-16(18)21)12-4-2-1-3-5-12/h1-8,10,13,19-20H,9H2/b17-10-/t13-/m0/s1. The maximum Gasteiger partial charge on any atom is 0.245 e. The Labute approximate surface area is 121 Å². The van der Waals surface area contributed by atoms with Crippen molar-refractivity contribution in [2.24, 2.45) is 5.10 Å². The van der Waals surface area contributed by atoms with Crippen LogP contribution in [0.3, 0.4) is 0 Å². The fourth-order valence-electron chi connectivity index (χ4n) is 2.24. The molecule has 3 rings (SSSR count). The minimum absolute atomic E-state index is 0.0388. The van der Waals surface area contributed by atoms with Gasteiger partial charge in [0, 0.05) is 0 Å². The zero-order valence-corrected chi connectivity index (χ0v) is 11.2. The Hall–Kier alpha value is -2.82. The predicted molar refractivity (Wildman–Crippen MR) is 78.0 cm³/mol. The highest BCUT2D eigenvalue weighted by atomic mass is 16.3. The van der Waals surface area contributed by atoms with Crippen molar-refractivity contribution in [1.29, 1.82) is 0 Å². The minimum atomic E-state index is -0.214. The van der Waals surface area contributed by atoms with Gasteiger partial charge in [0.15, 0.2) is 11.5 Å². The lowest BCUT2D eigenvalue weighted by Gasteiger charge is -2.36. The molecule has 21 heavy (non-hydrogen) atoms. The van der Waals surface area contributed by atoms with Gasteiger partial charge in [-0.25, -0.2) is 5.01 Å². The van der Waals surface area contributed by atoms with Gasteiger partial charge < -0.3 is 10.2 Å². The molecule has 0 aromatic heterocycles. The number of hydrogen-bond acceptors (Lipinski definition) is 4. The van der Waals surface area contributed by atoms with E-state index in [0.717, 1.165) is 5.56 Å². The van der Waals surface area contributed by atoms with Crippen molar-refractivity contribution < 1.29 is 15.0 Å². The molecule has 2 aromatic rings. The number of rotatable bonds is 3. The fraction of sp³-hybridized carbons (Fsp3) is 0.125. The van der Waals surface area contributed by atoms with Crippen LogP contribution in [-0.2, 0) is 4.79 Å². The average Bonchev–Trinajstić information content (AvgIpc) is 2.49. The first-order valence-electron chi connectivity index (χ1n) is 6.58. The number of hydrogen-bond donors (Lipinski definition) is 2. The van der Waals surface area contributed by atoms with Gasteiger partial charge in [0.05, 0.1) is 18.7 Å². The molecule has 1 fully saturated rings. The van der Waals surface area contributed by atoms with Gasteiger partial charge in [-0.05, 0) is 29.3 Å². The molecular formula is C16H14N2O3. The molecule has 1 amide bonds. The van der Waals surface area contributed by atoms with Gasteiger partial charge in [-0.1, -0.05) is 30.3 Å². The van der Waals surface area contributed by atoms with Gasteiger partial charge in [-0.3, -0.25) is 4.79 Å². The molecule has 2 N–H and O–H groups in total. The van der Waals surface area contributed by atoms with Crippen molar-refractivity contribution >= 4 is 12.1 Å². The van der Waals surface area contributed by atoms with Crippen LogP contribution in [0.2, 0.25) is 0 Å². The average molecular weight is 282 g/mol. The molecule has 0 spiro atoms. The molecule has 1 saturated heterocycles. The number of hydrazone groups is 1. The molecule has 0 bridgehead atoms. The smallest absolute Gasteiger partial charge is 0.245 e. The molecule has 106 valence electrons. The third kappa shape index (κ3) is 2.58. The highest BCUT2D eigenvalue weighted by Crippen LogP contribution is 2.34. The number of aromatic hydroxyl groups is 2. The van der Waals surface area contributed by atoms with Crippen molar-refractivity contribution in [2.45, 2.75) is 12.5 Å². The third-order valence-corrected chi connectivity index (χ3v) is 3.43. The molecular weight excluding hydrogens is 268 g/mol. The molecule has 0 saturated carbocycles. The summed E-state index contributed by atoms with van der Waals surface area (Å²) in [5.74, 6) is -0.439. The normalized spacial score (nSPS) is 18.0. The number of carbonyl (C=O) groups excluding carboxylic acids is 1. The van der Waals surface area contributed by atoms with Crippen LogP contribution >= 0.6 is 0 Å². The van der Waals surface area contributed by atoms with Crippen LogP contribution in [0, 0.1) is 0 Å². The van der Waals surface area contributed by atoms with Gasteiger partial charge in [0.25, 0.3) is 0 Å². The van der Waals surface area contributed by atoms with Crippen LogP contribution in [0.1, 0.15) is 23.6 Å². The van der Waals surface area contributed by atoms with Crippen LogP contribution in [0.15, 0.2) is 53.6 Å². The first kappa shape index (κ1) is 13.2. The van der Waals surface area contributed by atoms with E-state index in [-0.39, 0.29) is 23.4 Å². The summed E-state index contributed by atoms with van der Waals surface area (Å²) in [5, 5.41) is 24.3. The minimum Gasteiger partial charge on any atom is -0.504 e. The number of carbonyl (C=O) groups is 1. The number of nitrogens with zero attached hydrogens (tertiary/aromatic N) is 2. The van der Waals surface area contributed by atoms with E-state index in [2.05, 4.69) is 5.10 Å². The van der Waals surface area contributed by atoms with E-state index in [9.17, 15) is 15.0 Å². The van der Waals surface area contributed by atoms with Gasteiger partial charge in [-0.15, -0.1) is 0 Å². The molecule has 0 aliphatic carbocycles. The second-order valence-corrected chi connectivity index (χ2v) is 4.86. The largest absolute Gasteiger partial charge is 0.504 e. The summed E-state index contributed by atoms with van der Waals surface area (Å²) >= 11 is 0. The summed E-state index contributed by atoms with van der Waals surface area (Å²) in [5.41, 5.74) is 1.65. The van der Waals surface area contributed by atoms with Gasteiger partial charge in [-0.2, -0.15) is 5.10 Å². The number of phenols is 2. The molecule has 1 atom stereocenters. The lowest BCUT2D eigenvalue weighted by molar-refractivity contribution is -0.146. The van der Waals surface area contributed by atoms with Crippen LogP contribution < -0.4 is 0 Å².